The van der Waals surface area contributed by atoms with Gasteiger partial charge >= 0.3 is 0 Å². The van der Waals surface area contributed by atoms with Gasteiger partial charge in [0.2, 0.25) is 0 Å². The molecule has 1 amide bonds. The Labute approximate surface area is 119 Å². The number of rotatable bonds is 2. The zero-order valence-corrected chi connectivity index (χ0v) is 10.9. The summed E-state index contributed by atoms with van der Waals surface area (Å²) in [7, 11) is 0. The molecule has 1 heterocycles. The topological polar surface area (TPSA) is 38.3 Å². The summed E-state index contributed by atoms with van der Waals surface area (Å²) in [6, 6.07) is 10.2. The summed E-state index contributed by atoms with van der Waals surface area (Å²) in [5.74, 6) is -1.15. The standard InChI is InChI=1S/C16H11F2NO2/c17-12-5-6-13(18)14(8-12)19-16(20)11-7-10-3-1-2-4-15(10)21-9-11/h1-8H,9H2,(H,19,20). The van der Waals surface area contributed by atoms with Gasteiger partial charge in [-0.3, -0.25) is 4.79 Å². The summed E-state index contributed by atoms with van der Waals surface area (Å²) in [5.41, 5.74) is 0.922. The van der Waals surface area contributed by atoms with Gasteiger partial charge in [0.1, 0.15) is 24.0 Å². The molecular formula is C16H11F2NO2. The molecule has 0 radical (unpaired) electrons. The summed E-state index contributed by atoms with van der Waals surface area (Å²) >= 11 is 0. The second-order valence-corrected chi connectivity index (χ2v) is 4.57. The van der Waals surface area contributed by atoms with Gasteiger partial charge in [0.25, 0.3) is 5.91 Å². The Morgan fingerprint density at radius 3 is 2.81 bits per heavy atom. The molecule has 106 valence electrons. The van der Waals surface area contributed by atoms with Crippen molar-refractivity contribution in [2.45, 2.75) is 0 Å². The molecule has 2 aromatic carbocycles. The lowest BCUT2D eigenvalue weighted by Crippen LogP contribution is -2.21. The molecule has 21 heavy (non-hydrogen) atoms. The molecule has 1 N–H and O–H groups in total. The van der Waals surface area contributed by atoms with E-state index in [4.69, 9.17) is 4.74 Å². The van der Waals surface area contributed by atoms with Gasteiger partial charge in [0.05, 0.1) is 11.3 Å². The second-order valence-electron chi connectivity index (χ2n) is 4.57. The van der Waals surface area contributed by atoms with Crippen molar-refractivity contribution in [3.8, 4) is 5.75 Å². The number of para-hydroxylation sites is 1. The maximum Gasteiger partial charge on any atom is 0.255 e. The van der Waals surface area contributed by atoms with Crippen LogP contribution >= 0.6 is 0 Å². The molecule has 0 bridgehead atoms. The van der Waals surface area contributed by atoms with Crippen LogP contribution in [0.5, 0.6) is 5.75 Å². The van der Waals surface area contributed by atoms with Crippen molar-refractivity contribution in [2.75, 3.05) is 11.9 Å². The first kappa shape index (κ1) is 13.3. The number of ether oxygens (including phenoxy) is 1. The van der Waals surface area contributed by atoms with Crippen LogP contribution in [-0.2, 0) is 4.79 Å². The second kappa shape index (κ2) is 5.36. The van der Waals surface area contributed by atoms with Crippen molar-refractivity contribution in [1.29, 1.82) is 0 Å². The van der Waals surface area contributed by atoms with Gasteiger partial charge in [-0.1, -0.05) is 18.2 Å². The van der Waals surface area contributed by atoms with Gasteiger partial charge in [0, 0.05) is 11.6 Å². The zero-order chi connectivity index (χ0) is 14.8. The Morgan fingerprint density at radius 1 is 1.14 bits per heavy atom. The van der Waals surface area contributed by atoms with E-state index in [2.05, 4.69) is 5.32 Å². The lowest BCUT2D eigenvalue weighted by atomic mass is 10.1. The number of halogens is 2. The zero-order valence-electron chi connectivity index (χ0n) is 10.9. The molecule has 0 saturated heterocycles. The molecule has 0 spiro atoms. The van der Waals surface area contributed by atoms with E-state index in [1.54, 1.807) is 12.1 Å². The number of amides is 1. The van der Waals surface area contributed by atoms with Crippen LogP contribution in [0.2, 0.25) is 0 Å². The Balaban J connectivity index is 1.84. The first-order valence-corrected chi connectivity index (χ1v) is 6.32. The SMILES string of the molecule is O=C(Nc1cc(F)ccc1F)C1=Cc2ccccc2OC1. The number of anilines is 1. The third kappa shape index (κ3) is 2.76. The van der Waals surface area contributed by atoms with Crippen LogP contribution in [-0.4, -0.2) is 12.5 Å². The first-order valence-electron chi connectivity index (χ1n) is 6.32. The fourth-order valence-electron chi connectivity index (χ4n) is 2.04. The van der Waals surface area contributed by atoms with Crippen LogP contribution in [0.3, 0.4) is 0 Å². The number of benzene rings is 2. The van der Waals surface area contributed by atoms with E-state index in [9.17, 15) is 13.6 Å². The summed E-state index contributed by atoms with van der Waals surface area (Å²) in [4.78, 5) is 12.1. The number of fused-ring (bicyclic) bond motifs is 1. The minimum absolute atomic E-state index is 0.0831. The number of carbonyl (C=O) groups excluding carboxylic acids is 1. The minimum Gasteiger partial charge on any atom is -0.488 e. The van der Waals surface area contributed by atoms with E-state index < -0.39 is 17.5 Å². The summed E-state index contributed by atoms with van der Waals surface area (Å²) in [6.45, 7) is 0.0831. The van der Waals surface area contributed by atoms with E-state index in [1.165, 1.54) is 0 Å². The molecule has 5 heteroatoms. The maximum absolute atomic E-state index is 13.5. The Bertz CT molecular complexity index is 741. The third-order valence-corrected chi connectivity index (χ3v) is 3.10. The van der Waals surface area contributed by atoms with E-state index in [0.717, 1.165) is 23.8 Å². The fraction of sp³-hybridized carbons (Fsp3) is 0.0625. The van der Waals surface area contributed by atoms with E-state index in [0.29, 0.717) is 11.3 Å². The number of carbonyl (C=O) groups is 1. The van der Waals surface area contributed by atoms with Gasteiger partial charge in [-0.05, 0) is 24.3 Å². The lowest BCUT2D eigenvalue weighted by molar-refractivity contribution is -0.113. The van der Waals surface area contributed by atoms with Crippen molar-refractivity contribution in [3.63, 3.8) is 0 Å². The quantitative estimate of drug-likeness (QED) is 0.919. The van der Waals surface area contributed by atoms with Gasteiger partial charge < -0.3 is 10.1 Å². The highest BCUT2D eigenvalue weighted by molar-refractivity contribution is 6.07. The van der Waals surface area contributed by atoms with Gasteiger partial charge in [-0.2, -0.15) is 0 Å². The predicted octanol–water partition coefficient (Wildman–Crippen LogP) is 3.38. The predicted molar refractivity (Wildman–Crippen MR) is 74.9 cm³/mol. The average Bonchev–Trinajstić information content (AvgIpc) is 2.50. The molecule has 0 aromatic heterocycles. The smallest absolute Gasteiger partial charge is 0.255 e. The van der Waals surface area contributed by atoms with Crippen molar-refractivity contribution >= 4 is 17.7 Å². The monoisotopic (exact) mass is 287 g/mol. The molecule has 0 aliphatic carbocycles. The lowest BCUT2D eigenvalue weighted by Gasteiger charge is -2.17. The highest BCUT2D eigenvalue weighted by Gasteiger charge is 2.18. The highest BCUT2D eigenvalue weighted by Crippen LogP contribution is 2.26. The molecule has 1 aliphatic rings. The van der Waals surface area contributed by atoms with Gasteiger partial charge in [-0.25, -0.2) is 8.78 Å². The summed E-state index contributed by atoms with van der Waals surface area (Å²) in [6.07, 6.45) is 1.67. The molecule has 0 atom stereocenters. The van der Waals surface area contributed by atoms with Crippen LogP contribution in [0.25, 0.3) is 6.08 Å². The first-order chi connectivity index (χ1) is 10.1. The fourth-order valence-corrected chi connectivity index (χ4v) is 2.04. The van der Waals surface area contributed by atoms with Crippen molar-refractivity contribution in [3.05, 3.63) is 65.2 Å². The van der Waals surface area contributed by atoms with Crippen LogP contribution in [0.4, 0.5) is 14.5 Å². The van der Waals surface area contributed by atoms with Crippen molar-refractivity contribution in [1.82, 2.24) is 0 Å². The molecule has 0 saturated carbocycles. The molecule has 0 fully saturated rings. The maximum atomic E-state index is 13.5. The Morgan fingerprint density at radius 2 is 1.95 bits per heavy atom. The van der Waals surface area contributed by atoms with Crippen LogP contribution in [0.1, 0.15) is 5.56 Å². The largest absolute Gasteiger partial charge is 0.488 e. The molecule has 3 nitrogen and oxygen atoms in total. The van der Waals surface area contributed by atoms with Crippen molar-refractivity contribution in [2.24, 2.45) is 0 Å². The van der Waals surface area contributed by atoms with Gasteiger partial charge in [-0.15, -0.1) is 0 Å². The minimum atomic E-state index is -0.692. The Kier molecular flexibility index (Phi) is 3.39. The van der Waals surface area contributed by atoms with E-state index >= 15 is 0 Å². The van der Waals surface area contributed by atoms with Crippen LogP contribution in [0, 0.1) is 11.6 Å². The molecule has 0 unspecified atom stereocenters. The molecule has 3 rings (SSSR count). The summed E-state index contributed by atoms with van der Waals surface area (Å²) in [5, 5.41) is 2.35. The number of hydrogen-bond donors (Lipinski definition) is 1. The average molecular weight is 287 g/mol. The summed E-state index contributed by atoms with van der Waals surface area (Å²) < 4.78 is 32.0. The third-order valence-electron chi connectivity index (χ3n) is 3.10. The highest BCUT2D eigenvalue weighted by atomic mass is 19.1. The van der Waals surface area contributed by atoms with Crippen LogP contribution < -0.4 is 10.1 Å². The van der Waals surface area contributed by atoms with E-state index in [-0.39, 0.29) is 12.3 Å². The van der Waals surface area contributed by atoms with Crippen LogP contribution in [0.15, 0.2) is 48.0 Å². The number of nitrogens with one attached hydrogen (secondary N) is 1. The molecule has 1 aliphatic heterocycles. The normalized spacial score (nSPS) is 13.0. The van der Waals surface area contributed by atoms with Gasteiger partial charge in [0.15, 0.2) is 0 Å². The molecular weight excluding hydrogens is 276 g/mol. The number of hydrogen-bond acceptors (Lipinski definition) is 2. The van der Waals surface area contributed by atoms with Crippen molar-refractivity contribution < 1.29 is 18.3 Å². The Hall–Kier alpha value is -2.69. The molecule has 2 aromatic rings. The van der Waals surface area contributed by atoms with E-state index in [1.807, 2.05) is 18.2 Å².